The predicted molar refractivity (Wildman–Crippen MR) is 77.5 cm³/mol. The van der Waals surface area contributed by atoms with E-state index in [1.165, 1.54) is 13.8 Å². The third kappa shape index (κ3) is 5.82. The van der Waals surface area contributed by atoms with Gasteiger partial charge >= 0.3 is 12.0 Å². The standard InChI is InChI=1S/C13H15BrN2O5/c1-7(11(17)16-13(15)19)21-12(18)8(2)20-10-5-3-9(14)4-6-10/h3-8H,1-2H3,(H3,15,16,17,19)/t7-,8+/m1/s1. The Balaban J connectivity index is 2.52. The summed E-state index contributed by atoms with van der Waals surface area (Å²) in [5.41, 5.74) is 4.80. The third-order valence-corrected chi connectivity index (χ3v) is 2.90. The Labute approximate surface area is 129 Å². The summed E-state index contributed by atoms with van der Waals surface area (Å²) in [6.07, 6.45) is -2.06. The van der Waals surface area contributed by atoms with E-state index in [2.05, 4.69) is 15.9 Å². The monoisotopic (exact) mass is 358 g/mol. The van der Waals surface area contributed by atoms with E-state index in [0.717, 1.165) is 4.47 Å². The zero-order valence-electron chi connectivity index (χ0n) is 11.5. The van der Waals surface area contributed by atoms with Gasteiger partial charge in [-0.2, -0.15) is 0 Å². The molecular formula is C13H15BrN2O5. The van der Waals surface area contributed by atoms with Crippen molar-refractivity contribution in [2.45, 2.75) is 26.1 Å². The van der Waals surface area contributed by atoms with Crippen LogP contribution in [0, 0.1) is 0 Å². The fraction of sp³-hybridized carbons (Fsp3) is 0.308. The van der Waals surface area contributed by atoms with Crippen LogP contribution in [0.15, 0.2) is 28.7 Å². The molecule has 0 saturated carbocycles. The Morgan fingerprint density at radius 3 is 2.24 bits per heavy atom. The van der Waals surface area contributed by atoms with Gasteiger partial charge in [0.15, 0.2) is 12.2 Å². The Kier molecular flexibility index (Phi) is 6.16. The second kappa shape index (κ2) is 7.63. The fourth-order valence-corrected chi connectivity index (χ4v) is 1.58. The van der Waals surface area contributed by atoms with Crippen molar-refractivity contribution in [2.75, 3.05) is 0 Å². The number of ether oxygens (including phenoxy) is 2. The van der Waals surface area contributed by atoms with Crippen LogP contribution in [-0.4, -0.2) is 30.1 Å². The number of hydrogen-bond acceptors (Lipinski definition) is 5. The van der Waals surface area contributed by atoms with Gasteiger partial charge in [-0.3, -0.25) is 10.1 Å². The van der Waals surface area contributed by atoms with Gasteiger partial charge in [0.1, 0.15) is 5.75 Å². The average Bonchev–Trinajstić information content (AvgIpc) is 2.40. The zero-order chi connectivity index (χ0) is 16.0. The molecule has 1 aromatic carbocycles. The number of urea groups is 1. The van der Waals surface area contributed by atoms with Crippen LogP contribution < -0.4 is 15.8 Å². The fourth-order valence-electron chi connectivity index (χ4n) is 1.31. The van der Waals surface area contributed by atoms with Crippen molar-refractivity contribution in [3.63, 3.8) is 0 Å². The van der Waals surface area contributed by atoms with Crippen LogP contribution in [0.5, 0.6) is 5.75 Å². The van der Waals surface area contributed by atoms with E-state index in [9.17, 15) is 14.4 Å². The van der Waals surface area contributed by atoms with Gasteiger partial charge in [0.05, 0.1) is 0 Å². The van der Waals surface area contributed by atoms with Crippen LogP contribution in [0.25, 0.3) is 0 Å². The molecule has 0 fully saturated rings. The zero-order valence-corrected chi connectivity index (χ0v) is 13.0. The summed E-state index contributed by atoms with van der Waals surface area (Å²) in [4.78, 5) is 33.7. The molecule has 0 saturated heterocycles. The molecule has 2 atom stereocenters. The first-order chi connectivity index (χ1) is 9.79. The van der Waals surface area contributed by atoms with Crippen LogP contribution in [-0.2, 0) is 14.3 Å². The molecule has 0 aliphatic heterocycles. The van der Waals surface area contributed by atoms with Crippen LogP contribution >= 0.6 is 15.9 Å². The highest BCUT2D eigenvalue weighted by molar-refractivity contribution is 9.10. The van der Waals surface area contributed by atoms with Crippen molar-refractivity contribution in [1.82, 2.24) is 5.32 Å². The van der Waals surface area contributed by atoms with Gasteiger partial charge in [-0.1, -0.05) is 15.9 Å². The Bertz CT molecular complexity index is 532. The maximum absolute atomic E-state index is 11.8. The molecule has 0 aliphatic rings. The molecule has 114 valence electrons. The van der Waals surface area contributed by atoms with Crippen molar-refractivity contribution in [2.24, 2.45) is 5.73 Å². The van der Waals surface area contributed by atoms with Crippen LogP contribution in [0.2, 0.25) is 0 Å². The molecule has 0 unspecified atom stereocenters. The Morgan fingerprint density at radius 2 is 1.71 bits per heavy atom. The first kappa shape index (κ1) is 17.0. The second-order valence-electron chi connectivity index (χ2n) is 4.15. The van der Waals surface area contributed by atoms with Crippen LogP contribution in [0.1, 0.15) is 13.8 Å². The van der Waals surface area contributed by atoms with Crippen LogP contribution in [0.3, 0.4) is 0 Å². The van der Waals surface area contributed by atoms with Gasteiger partial charge < -0.3 is 15.2 Å². The quantitative estimate of drug-likeness (QED) is 0.772. The number of carbonyl (C=O) groups excluding carboxylic acids is 3. The number of esters is 1. The number of amides is 3. The van der Waals surface area contributed by atoms with Crippen molar-refractivity contribution in [3.8, 4) is 5.75 Å². The summed E-state index contributed by atoms with van der Waals surface area (Å²) in [6.45, 7) is 2.81. The minimum absolute atomic E-state index is 0.483. The Morgan fingerprint density at radius 1 is 1.14 bits per heavy atom. The van der Waals surface area contributed by atoms with E-state index < -0.39 is 30.1 Å². The molecule has 1 rings (SSSR count). The number of carbonyl (C=O) groups is 3. The molecule has 3 N–H and O–H groups in total. The third-order valence-electron chi connectivity index (χ3n) is 2.37. The molecule has 0 aromatic heterocycles. The SMILES string of the molecule is C[C@H](Oc1ccc(Br)cc1)C(=O)O[C@H](C)C(=O)NC(N)=O. The van der Waals surface area contributed by atoms with E-state index in [-0.39, 0.29) is 0 Å². The largest absolute Gasteiger partial charge is 0.479 e. The van der Waals surface area contributed by atoms with Gasteiger partial charge in [-0.15, -0.1) is 0 Å². The summed E-state index contributed by atoms with van der Waals surface area (Å²) in [5, 5.41) is 1.82. The number of halogens is 1. The maximum Gasteiger partial charge on any atom is 0.347 e. The summed E-state index contributed by atoms with van der Waals surface area (Å²) in [7, 11) is 0. The minimum Gasteiger partial charge on any atom is -0.479 e. The highest BCUT2D eigenvalue weighted by atomic mass is 79.9. The van der Waals surface area contributed by atoms with Crippen LogP contribution in [0.4, 0.5) is 4.79 Å². The van der Waals surface area contributed by atoms with Gasteiger partial charge in [0, 0.05) is 4.47 Å². The Hall–Kier alpha value is -2.09. The highest BCUT2D eigenvalue weighted by Gasteiger charge is 2.23. The van der Waals surface area contributed by atoms with Crippen molar-refractivity contribution >= 4 is 33.8 Å². The lowest BCUT2D eigenvalue weighted by molar-refractivity contribution is -0.160. The summed E-state index contributed by atoms with van der Waals surface area (Å²) < 4.78 is 11.1. The summed E-state index contributed by atoms with van der Waals surface area (Å²) >= 11 is 3.28. The van der Waals surface area contributed by atoms with Crippen molar-refractivity contribution < 1.29 is 23.9 Å². The van der Waals surface area contributed by atoms with E-state index in [4.69, 9.17) is 15.2 Å². The molecule has 0 bridgehead atoms. The molecule has 8 heteroatoms. The topological polar surface area (TPSA) is 108 Å². The normalized spacial score (nSPS) is 12.9. The van der Waals surface area contributed by atoms with Gasteiger partial charge in [-0.25, -0.2) is 9.59 Å². The first-order valence-corrected chi connectivity index (χ1v) is 6.82. The molecule has 1 aromatic rings. The maximum atomic E-state index is 11.8. The number of nitrogens with two attached hydrogens (primary N) is 1. The minimum atomic E-state index is -1.15. The number of primary amides is 1. The number of nitrogens with one attached hydrogen (secondary N) is 1. The molecule has 0 spiro atoms. The smallest absolute Gasteiger partial charge is 0.347 e. The van der Waals surface area contributed by atoms with E-state index in [0.29, 0.717) is 5.75 Å². The molecule has 0 radical (unpaired) electrons. The highest BCUT2D eigenvalue weighted by Crippen LogP contribution is 2.17. The molecule has 3 amide bonds. The van der Waals surface area contributed by atoms with Crippen molar-refractivity contribution in [1.29, 1.82) is 0 Å². The summed E-state index contributed by atoms with van der Waals surface area (Å²) in [5.74, 6) is -1.05. The van der Waals surface area contributed by atoms with Gasteiger partial charge in [0.2, 0.25) is 0 Å². The average molecular weight is 359 g/mol. The van der Waals surface area contributed by atoms with E-state index in [1.54, 1.807) is 24.3 Å². The number of imide groups is 1. The molecular weight excluding hydrogens is 344 g/mol. The lowest BCUT2D eigenvalue weighted by Crippen LogP contribution is -2.43. The predicted octanol–water partition coefficient (Wildman–Crippen LogP) is 1.34. The number of benzene rings is 1. The molecule has 21 heavy (non-hydrogen) atoms. The molecule has 7 nitrogen and oxygen atoms in total. The first-order valence-electron chi connectivity index (χ1n) is 6.02. The van der Waals surface area contributed by atoms with E-state index in [1.807, 2.05) is 5.32 Å². The lowest BCUT2D eigenvalue weighted by Gasteiger charge is -2.17. The number of rotatable bonds is 5. The summed E-state index contributed by atoms with van der Waals surface area (Å²) in [6, 6.07) is 5.86. The molecule has 0 aliphatic carbocycles. The van der Waals surface area contributed by atoms with Gasteiger partial charge in [-0.05, 0) is 38.1 Å². The number of hydrogen-bond donors (Lipinski definition) is 2. The van der Waals surface area contributed by atoms with Gasteiger partial charge in [0.25, 0.3) is 5.91 Å². The molecule has 0 heterocycles. The second-order valence-corrected chi connectivity index (χ2v) is 5.06. The lowest BCUT2D eigenvalue weighted by atomic mass is 10.3. The van der Waals surface area contributed by atoms with E-state index >= 15 is 0 Å². The van der Waals surface area contributed by atoms with Crippen molar-refractivity contribution in [3.05, 3.63) is 28.7 Å².